The molecule has 0 heterocycles. The van der Waals surface area contributed by atoms with E-state index in [4.69, 9.17) is 5.11 Å². The number of hydrogen-bond acceptors (Lipinski definition) is 4. The van der Waals surface area contributed by atoms with Gasteiger partial charge >= 0.3 is 5.97 Å². The normalized spacial score (nSPS) is 14.4. The van der Waals surface area contributed by atoms with Crippen molar-refractivity contribution >= 4 is 16.1 Å². The zero-order chi connectivity index (χ0) is 9.07. The fourth-order valence-electron chi connectivity index (χ4n) is 0.329. The second kappa shape index (κ2) is 3.68. The largest absolute Gasteiger partial charge is 0.479 e. The fraction of sp³-hybridized carbons (Fsp3) is 0.800. The van der Waals surface area contributed by atoms with E-state index in [1.54, 1.807) is 0 Å². The van der Waals surface area contributed by atoms with Crippen LogP contribution < -0.4 is 0 Å². The molecule has 11 heavy (non-hydrogen) atoms. The lowest BCUT2D eigenvalue weighted by Crippen LogP contribution is -2.24. The van der Waals surface area contributed by atoms with Gasteiger partial charge < -0.3 is 5.11 Å². The number of rotatable bonds is 4. The van der Waals surface area contributed by atoms with E-state index >= 15 is 0 Å². The van der Waals surface area contributed by atoms with Crippen LogP contribution in [0.2, 0.25) is 0 Å². The van der Waals surface area contributed by atoms with Crippen LogP contribution in [0.4, 0.5) is 0 Å². The summed E-state index contributed by atoms with van der Waals surface area (Å²) in [6.07, 6.45) is -1.31. The van der Waals surface area contributed by atoms with Crippen molar-refractivity contribution in [1.29, 1.82) is 0 Å². The van der Waals surface area contributed by atoms with Gasteiger partial charge in [0.15, 0.2) is 6.10 Å². The molecule has 6 heteroatoms. The number of carboxylic acid groups (broad SMARTS) is 1. The lowest BCUT2D eigenvalue weighted by Gasteiger charge is -2.05. The molecule has 5 nitrogen and oxygen atoms in total. The van der Waals surface area contributed by atoms with Crippen LogP contribution in [-0.4, -0.2) is 31.4 Å². The molecule has 0 bridgehead atoms. The summed E-state index contributed by atoms with van der Waals surface area (Å²) in [5.74, 6) is -1.51. The highest BCUT2D eigenvalue weighted by molar-refractivity contribution is 7.86. The van der Waals surface area contributed by atoms with Gasteiger partial charge in [-0.2, -0.15) is 8.42 Å². The van der Waals surface area contributed by atoms with Crippen LogP contribution in [-0.2, 0) is 19.1 Å². The van der Waals surface area contributed by atoms with Crippen molar-refractivity contribution in [2.45, 2.75) is 20.0 Å². The van der Waals surface area contributed by atoms with Gasteiger partial charge in [-0.3, -0.25) is 4.18 Å². The van der Waals surface area contributed by atoms with Crippen LogP contribution in [0, 0.1) is 0 Å². The first-order valence-electron chi connectivity index (χ1n) is 3.03. The maximum atomic E-state index is 10.6. The molecule has 1 atom stereocenters. The van der Waals surface area contributed by atoms with E-state index in [-0.39, 0.29) is 5.75 Å². The molecule has 0 aromatic carbocycles. The number of carbonyl (C=O) groups is 1. The Bertz CT molecular complexity index is 229. The monoisotopic (exact) mass is 182 g/mol. The first kappa shape index (κ1) is 10.4. The average Bonchev–Trinajstić information content (AvgIpc) is 1.87. The van der Waals surface area contributed by atoms with Crippen molar-refractivity contribution in [3.05, 3.63) is 0 Å². The summed E-state index contributed by atoms with van der Waals surface area (Å²) in [5.41, 5.74) is 0. The average molecular weight is 182 g/mol. The van der Waals surface area contributed by atoms with Crippen molar-refractivity contribution in [2.24, 2.45) is 0 Å². The summed E-state index contributed by atoms with van der Waals surface area (Å²) in [7, 11) is -3.64. The Hall–Kier alpha value is -0.620. The van der Waals surface area contributed by atoms with Crippen molar-refractivity contribution in [3.8, 4) is 0 Å². The van der Waals surface area contributed by atoms with E-state index in [1.807, 2.05) is 0 Å². The quantitative estimate of drug-likeness (QED) is 0.610. The van der Waals surface area contributed by atoms with Crippen LogP contribution in [0.1, 0.15) is 13.8 Å². The van der Waals surface area contributed by atoms with Gasteiger partial charge in [0.25, 0.3) is 10.1 Å². The molecular formula is C5H10O5S. The highest BCUT2D eigenvalue weighted by Gasteiger charge is 2.18. The summed E-state index contributed by atoms with van der Waals surface area (Å²) in [6, 6.07) is 0. The predicted octanol–water partition coefficient (Wildman–Crippen LogP) is -0.174. The van der Waals surface area contributed by atoms with Crippen molar-refractivity contribution in [3.63, 3.8) is 0 Å². The van der Waals surface area contributed by atoms with E-state index < -0.39 is 22.2 Å². The third-order valence-electron chi connectivity index (χ3n) is 0.992. The Morgan fingerprint density at radius 2 is 2.09 bits per heavy atom. The number of carboxylic acids is 1. The van der Waals surface area contributed by atoms with Gasteiger partial charge in [0, 0.05) is 0 Å². The molecule has 0 rings (SSSR count). The Balaban J connectivity index is 4.16. The number of hydrogen-bond donors (Lipinski definition) is 1. The van der Waals surface area contributed by atoms with Gasteiger partial charge in [-0.05, 0) is 13.8 Å². The smallest absolute Gasteiger partial charge is 0.334 e. The molecule has 0 radical (unpaired) electrons. The van der Waals surface area contributed by atoms with Crippen LogP contribution in [0.25, 0.3) is 0 Å². The molecule has 0 fully saturated rings. The minimum atomic E-state index is -3.64. The van der Waals surface area contributed by atoms with E-state index in [2.05, 4.69) is 4.18 Å². The lowest BCUT2D eigenvalue weighted by molar-refractivity contribution is -0.144. The third kappa shape index (κ3) is 3.94. The third-order valence-corrected chi connectivity index (χ3v) is 2.28. The van der Waals surface area contributed by atoms with Crippen LogP contribution in [0.15, 0.2) is 0 Å². The van der Waals surface area contributed by atoms with E-state index in [9.17, 15) is 13.2 Å². The Morgan fingerprint density at radius 1 is 1.64 bits per heavy atom. The molecule has 0 saturated carbocycles. The number of aliphatic carboxylic acids is 1. The molecule has 0 aromatic heterocycles. The first-order chi connectivity index (χ1) is 4.89. The molecular weight excluding hydrogens is 172 g/mol. The SMILES string of the molecule is CCS(=O)(=O)O[C@@H](C)C(=O)O. The highest BCUT2D eigenvalue weighted by Crippen LogP contribution is 1.99. The molecule has 0 amide bonds. The zero-order valence-electron chi connectivity index (χ0n) is 6.27. The van der Waals surface area contributed by atoms with Gasteiger partial charge in [-0.15, -0.1) is 0 Å². The highest BCUT2D eigenvalue weighted by atomic mass is 32.2. The van der Waals surface area contributed by atoms with Crippen molar-refractivity contribution < 1.29 is 22.5 Å². The molecule has 66 valence electrons. The molecule has 0 aromatic rings. The summed E-state index contributed by atoms with van der Waals surface area (Å²) in [6.45, 7) is 2.54. The van der Waals surface area contributed by atoms with Gasteiger partial charge in [0.2, 0.25) is 0 Å². The molecule has 0 unspecified atom stereocenters. The topological polar surface area (TPSA) is 80.7 Å². The Morgan fingerprint density at radius 3 is 2.36 bits per heavy atom. The summed E-state index contributed by atoms with van der Waals surface area (Å²) >= 11 is 0. The fourth-order valence-corrected chi connectivity index (χ4v) is 0.987. The molecule has 0 aliphatic heterocycles. The molecule has 0 spiro atoms. The minimum Gasteiger partial charge on any atom is -0.479 e. The summed E-state index contributed by atoms with van der Waals surface area (Å²) in [4.78, 5) is 10.1. The maximum absolute atomic E-state index is 10.6. The standard InChI is InChI=1S/C5H10O5S/c1-3-11(8,9)10-4(2)5(6)7/h4H,3H2,1-2H3,(H,6,7)/t4-/m0/s1. The van der Waals surface area contributed by atoms with Gasteiger partial charge in [0.05, 0.1) is 5.75 Å². The van der Waals surface area contributed by atoms with Crippen molar-refractivity contribution in [1.82, 2.24) is 0 Å². The zero-order valence-corrected chi connectivity index (χ0v) is 7.09. The molecule has 1 N–H and O–H groups in total. The van der Waals surface area contributed by atoms with Crippen LogP contribution in [0.5, 0.6) is 0 Å². The Kier molecular flexibility index (Phi) is 3.47. The second-order valence-electron chi connectivity index (χ2n) is 1.92. The van der Waals surface area contributed by atoms with Gasteiger partial charge in [-0.1, -0.05) is 0 Å². The molecule has 0 aliphatic rings. The maximum Gasteiger partial charge on any atom is 0.334 e. The Labute approximate surface area is 65.1 Å². The van der Waals surface area contributed by atoms with Crippen molar-refractivity contribution in [2.75, 3.05) is 5.75 Å². The minimum absolute atomic E-state index is 0.218. The van der Waals surface area contributed by atoms with E-state index in [1.165, 1.54) is 6.92 Å². The van der Waals surface area contributed by atoms with E-state index in [0.717, 1.165) is 6.92 Å². The summed E-state index contributed by atoms with van der Waals surface area (Å²) < 4.78 is 25.5. The van der Waals surface area contributed by atoms with Crippen LogP contribution in [0.3, 0.4) is 0 Å². The first-order valence-corrected chi connectivity index (χ1v) is 4.60. The van der Waals surface area contributed by atoms with E-state index in [0.29, 0.717) is 0 Å². The van der Waals surface area contributed by atoms with Gasteiger partial charge in [0.1, 0.15) is 0 Å². The van der Waals surface area contributed by atoms with Crippen LogP contribution >= 0.6 is 0 Å². The predicted molar refractivity (Wildman–Crippen MR) is 37.6 cm³/mol. The molecule has 0 aliphatic carbocycles. The summed E-state index contributed by atoms with van der Waals surface area (Å²) in [5, 5.41) is 8.25. The molecule has 0 saturated heterocycles. The second-order valence-corrected chi connectivity index (χ2v) is 3.81. The van der Waals surface area contributed by atoms with Gasteiger partial charge in [-0.25, -0.2) is 4.79 Å². The lowest BCUT2D eigenvalue weighted by atomic mass is 10.4.